The number of anilines is 1. The fourth-order valence-electron chi connectivity index (χ4n) is 2.35. The number of nitrogens with zero attached hydrogens (tertiary/aromatic N) is 2. The van der Waals surface area contributed by atoms with Gasteiger partial charge in [-0.05, 0) is 29.3 Å². The van der Waals surface area contributed by atoms with Gasteiger partial charge in [0.15, 0.2) is 11.6 Å². The maximum Gasteiger partial charge on any atom is 0.159 e. The van der Waals surface area contributed by atoms with E-state index in [1.54, 1.807) is 12.3 Å². The first-order valence-corrected chi connectivity index (χ1v) is 6.91. The van der Waals surface area contributed by atoms with Gasteiger partial charge in [0.25, 0.3) is 0 Å². The third-order valence-electron chi connectivity index (χ3n) is 3.54. The number of benzene rings is 2. The van der Waals surface area contributed by atoms with Crippen LogP contribution in [0, 0.1) is 11.6 Å². The van der Waals surface area contributed by atoms with Gasteiger partial charge in [-0.15, -0.1) is 0 Å². The van der Waals surface area contributed by atoms with Crippen molar-refractivity contribution in [1.29, 1.82) is 0 Å². The molecule has 0 unspecified atom stereocenters. The Balaban J connectivity index is 1.83. The van der Waals surface area contributed by atoms with Crippen molar-refractivity contribution < 1.29 is 8.78 Å². The highest BCUT2D eigenvalue weighted by Gasteiger charge is 2.08. The Morgan fingerprint density at radius 1 is 1.05 bits per heavy atom. The molecule has 0 fully saturated rings. The summed E-state index contributed by atoms with van der Waals surface area (Å²) in [4.78, 5) is 4.30. The molecule has 5 heteroatoms. The van der Waals surface area contributed by atoms with Crippen molar-refractivity contribution in [1.82, 2.24) is 9.55 Å². The van der Waals surface area contributed by atoms with E-state index in [2.05, 4.69) is 4.98 Å². The Hall–Kier alpha value is -2.69. The topological polar surface area (TPSA) is 43.8 Å². The highest BCUT2D eigenvalue weighted by atomic mass is 19.2. The molecule has 0 saturated carbocycles. The molecule has 3 nitrogen and oxygen atoms in total. The monoisotopic (exact) mass is 299 g/mol. The van der Waals surface area contributed by atoms with E-state index in [1.165, 1.54) is 6.07 Å². The quantitative estimate of drug-likeness (QED) is 0.751. The summed E-state index contributed by atoms with van der Waals surface area (Å²) in [5.41, 5.74) is 8.34. The Kier molecular flexibility index (Phi) is 3.87. The number of hydrogen-bond acceptors (Lipinski definition) is 2. The van der Waals surface area contributed by atoms with Crippen LogP contribution in [0.4, 0.5) is 14.5 Å². The van der Waals surface area contributed by atoms with Crippen LogP contribution in [0.25, 0.3) is 0 Å². The molecule has 112 valence electrons. The van der Waals surface area contributed by atoms with Crippen molar-refractivity contribution in [3.63, 3.8) is 0 Å². The maximum atomic E-state index is 13.3. The van der Waals surface area contributed by atoms with Crippen LogP contribution >= 0.6 is 0 Å². The summed E-state index contributed by atoms with van der Waals surface area (Å²) in [5.74, 6) is -0.915. The zero-order valence-electron chi connectivity index (χ0n) is 11.8. The lowest BCUT2D eigenvalue weighted by Gasteiger charge is -2.10. The first-order valence-electron chi connectivity index (χ1n) is 6.91. The van der Waals surface area contributed by atoms with E-state index in [0.29, 0.717) is 18.5 Å². The summed E-state index contributed by atoms with van der Waals surface area (Å²) in [5, 5.41) is 0. The minimum atomic E-state index is -0.845. The molecule has 0 bridgehead atoms. The first-order chi connectivity index (χ1) is 10.6. The number of nitrogens with two attached hydrogens (primary N) is 1. The minimum absolute atomic E-state index is 0.428. The molecule has 0 amide bonds. The van der Waals surface area contributed by atoms with Gasteiger partial charge < -0.3 is 10.3 Å². The van der Waals surface area contributed by atoms with Crippen molar-refractivity contribution in [2.75, 3.05) is 5.73 Å². The van der Waals surface area contributed by atoms with Crippen LogP contribution in [0.3, 0.4) is 0 Å². The molecule has 0 radical (unpaired) electrons. The maximum absolute atomic E-state index is 13.3. The van der Waals surface area contributed by atoms with Gasteiger partial charge in [0.2, 0.25) is 0 Å². The molecule has 2 N–H and O–H groups in total. The van der Waals surface area contributed by atoms with E-state index < -0.39 is 11.6 Å². The minimum Gasteiger partial charge on any atom is -0.398 e. The fourth-order valence-corrected chi connectivity index (χ4v) is 2.35. The van der Waals surface area contributed by atoms with E-state index in [9.17, 15) is 8.78 Å². The zero-order chi connectivity index (χ0) is 15.5. The van der Waals surface area contributed by atoms with Crippen LogP contribution in [0.2, 0.25) is 0 Å². The Morgan fingerprint density at radius 2 is 1.86 bits per heavy atom. The summed E-state index contributed by atoms with van der Waals surface area (Å²) in [6, 6.07) is 11.5. The molecule has 0 saturated heterocycles. The predicted octanol–water partition coefficient (Wildman–Crippen LogP) is 3.38. The zero-order valence-corrected chi connectivity index (χ0v) is 11.8. The molecule has 22 heavy (non-hydrogen) atoms. The largest absolute Gasteiger partial charge is 0.398 e. The van der Waals surface area contributed by atoms with Gasteiger partial charge in [0.05, 0.1) is 6.54 Å². The van der Waals surface area contributed by atoms with E-state index in [4.69, 9.17) is 5.73 Å². The van der Waals surface area contributed by atoms with Crippen LogP contribution < -0.4 is 5.73 Å². The summed E-state index contributed by atoms with van der Waals surface area (Å²) < 4.78 is 28.2. The molecule has 0 spiro atoms. The van der Waals surface area contributed by atoms with Crippen LogP contribution in [0.1, 0.15) is 17.0 Å². The molecule has 0 atom stereocenters. The average Bonchev–Trinajstić information content (AvgIpc) is 2.92. The predicted molar refractivity (Wildman–Crippen MR) is 81.3 cm³/mol. The number of halogens is 2. The highest BCUT2D eigenvalue weighted by Crippen LogP contribution is 2.16. The summed E-state index contributed by atoms with van der Waals surface area (Å²) in [6.45, 7) is 0.589. The summed E-state index contributed by atoms with van der Waals surface area (Å²) in [6.07, 6.45) is 3.97. The molecule has 3 aromatic rings. The molecular weight excluding hydrogens is 284 g/mol. The van der Waals surface area contributed by atoms with E-state index >= 15 is 0 Å². The number of hydrogen-bond donors (Lipinski definition) is 1. The van der Waals surface area contributed by atoms with Crippen molar-refractivity contribution in [2.45, 2.75) is 13.0 Å². The van der Waals surface area contributed by atoms with Crippen molar-refractivity contribution in [2.24, 2.45) is 0 Å². The van der Waals surface area contributed by atoms with Gasteiger partial charge in [0, 0.05) is 24.5 Å². The third-order valence-corrected chi connectivity index (χ3v) is 3.54. The normalized spacial score (nSPS) is 10.8. The highest BCUT2D eigenvalue weighted by molar-refractivity contribution is 5.46. The van der Waals surface area contributed by atoms with Crippen LogP contribution in [0.5, 0.6) is 0 Å². The van der Waals surface area contributed by atoms with Crippen molar-refractivity contribution in [3.05, 3.63) is 83.4 Å². The second kappa shape index (κ2) is 5.97. The van der Waals surface area contributed by atoms with Gasteiger partial charge in [-0.3, -0.25) is 0 Å². The van der Waals surface area contributed by atoms with Crippen LogP contribution in [-0.2, 0) is 13.0 Å². The molecule has 3 rings (SSSR count). The van der Waals surface area contributed by atoms with Gasteiger partial charge in [-0.1, -0.05) is 24.3 Å². The number of para-hydroxylation sites is 1. The van der Waals surface area contributed by atoms with E-state index in [1.807, 2.05) is 35.0 Å². The number of rotatable bonds is 4. The SMILES string of the molecule is Nc1ccccc1Cn1ccnc1Cc1ccc(F)c(F)c1. The lowest BCUT2D eigenvalue weighted by atomic mass is 10.1. The van der Waals surface area contributed by atoms with Crippen molar-refractivity contribution >= 4 is 5.69 Å². The molecule has 1 aromatic heterocycles. The molecule has 0 aliphatic rings. The van der Waals surface area contributed by atoms with E-state index in [0.717, 1.165) is 23.1 Å². The van der Waals surface area contributed by atoms with Gasteiger partial charge >= 0.3 is 0 Å². The first kappa shape index (κ1) is 14.3. The fraction of sp³-hybridized carbons (Fsp3) is 0.118. The third kappa shape index (κ3) is 2.98. The summed E-state index contributed by atoms with van der Waals surface area (Å²) in [7, 11) is 0. The lowest BCUT2D eigenvalue weighted by Crippen LogP contribution is -2.07. The molecule has 2 aromatic carbocycles. The van der Waals surface area contributed by atoms with Gasteiger partial charge in [-0.25, -0.2) is 13.8 Å². The van der Waals surface area contributed by atoms with Crippen molar-refractivity contribution in [3.8, 4) is 0 Å². The Bertz CT molecular complexity index is 796. The Labute approximate surface area is 127 Å². The second-order valence-corrected chi connectivity index (χ2v) is 5.10. The average molecular weight is 299 g/mol. The van der Waals surface area contributed by atoms with Gasteiger partial charge in [-0.2, -0.15) is 0 Å². The Morgan fingerprint density at radius 3 is 2.64 bits per heavy atom. The number of imidazole rings is 1. The summed E-state index contributed by atoms with van der Waals surface area (Å²) >= 11 is 0. The molecule has 0 aliphatic heterocycles. The molecule has 1 heterocycles. The lowest BCUT2D eigenvalue weighted by molar-refractivity contribution is 0.507. The molecular formula is C17H15F2N3. The number of nitrogen functional groups attached to an aromatic ring is 1. The van der Waals surface area contributed by atoms with Gasteiger partial charge in [0.1, 0.15) is 5.82 Å². The molecule has 0 aliphatic carbocycles. The smallest absolute Gasteiger partial charge is 0.159 e. The standard InChI is InChI=1S/C17H15F2N3/c18-14-6-5-12(9-15(14)19)10-17-21-7-8-22(17)11-13-3-1-2-4-16(13)20/h1-9H,10-11,20H2. The number of aromatic nitrogens is 2. The van der Waals surface area contributed by atoms with Crippen LogP contribution in [-0.4, -0.2) is 9.55 Å². The van der Waals surface area contributed by atoms with E-state index in [-0.39, 0.29) is 0 Å². The van der Waals surface area contributed by atoms with Crippen LogP contribution in [0.15, 0.2) is 54.9 Å². The second-order valence-electron chi connectivity index (χ2n) is 5.10.